The Hall–Kier alpha value is -0.680. The van der Waals surface area contributed by atoms with Crippen LogP contribution in [0.5, 0.6) is 0 Å². The van der Waals surface area contributed by atoms with Gasteiger partial charge in [0, 0.05) is 12.6 Å². The van der Waals surface area contributed by atoms with Crippen molar-refractivity contribution in [1.82, 2.24) is 9.55 Å². The van der Waals surface area contributed by atoms with Gasteiger partial charge in [0.2, 0.25) is 0 Å². The molecule has 1 N–H and O–H groups in total. The van der Waals surface area contributed by atoms with Gasteiger partial charge in [0.05, 0.1) is 15.5 Å². The van der Waals surface area contributed by atoms with Crippen LogP contribution in [0.3, 0.4) is 0 Å². The van der Waals surface area contributed by atoms with Gasteiger partial charge in [0.15, 0.2) is 4.77 Å². The lowest BCUT2D eigenvalue weighted by atomic mass is 10.1. The summed E-state index contributed by atoms with van der Waals surface area (Å²) in [6.45, 7) is 3.07. The van der Waals surface area contributed by atoms with E-state index in [1.807, 2.05) is 4.57 Å². The fourth-order valence-electron chi connectivity index (χ4n) is 2.42. The van der Waals surface area contributed by atoms with Crippen molar-refractivity contribution >= 4 is 39.2 Å². The maximum atomic E-state index is 13.7. The number of aryl methyl sites for hydroxylation is 1. The third kappa shape index (κ3) is 3.70. The minimum Gasteiger partial charge on any atom is -0.331 e. The highest BCUT2D eigenvalue weighted by Crippen LogP contribution is 2.23. The second kappa shape index (κ2) is 7.36. The van der Waals surface area contributed by atoms with Crippen molar-refractivity contribution in [1.29, 1.82) is 0 Å². The van der Waals surface area contributed by atoms with Crippen molar-refractivity contribution < 1.29 is 4.39 Å². The van der Waals surface area contributed by atoms with E-state index >= 15 is 0 Å². The minimum atomic E-state index is -0.247. The summed E-state index contributed by atoms with van der Waals surface area (Å²) in [7, 11) is 0. The molecule has 0 aliphatic rings. The van der Waals surface area contributed by atoms with Gasteiger partial charge >= 0.3 is 0 Å². The molecule has 1 heterocycles. The molecule has 5 heteroatoms. The maximum Gasteiger partial charge on any atom is 0.178 e. The molecule has 0 saturated heterocycles. The average Bonchev–Trinajstić information content (AvgIpc) is 2.70. The summed E-state index contributed by atoms with van der Waals surface area (Å²) in [6.07, 6.45) is 7.43. The lowest BCUT2D eigenvalue weighted by Gasteiger charge is -2.05. The van der Waals surface area contributed by atoms with Crippen LogP contribution in [-0.4, -0.2) is 9.55 Å². The summed E-state index contributed by atoms with van der Waals surface area (Å²) in [5.74, 6) is -0.247. The van der Waals surface area contributed by atoms with Crippen LogP contribution in [0.25, 0.3) is 11.0 Å². The number of fused-ring (bicyclic) bond motifs is 1. The summed E-state index contributed by atoms with van der Waals surface area (Å²) in [5, 5.41) is 0. The summed E-state index contributed by atoms with van der Waals surface area (Å²) >= 11 is 8.53. The second-order valence-electron chi connectivity index (χ2n) is 5.13. The Balaban J connectivity index is 2.04. The van der Waals surface area contributed by atoms with Gasteiger partial charge in [-0.1, -0.05) is 39.0 Å². The summed E-state index contributed by atoms with van der Waals surface area (Å²) < 4.78 is 16.8. The zero-order valence-corrected chi connectivity index (χ0v) is 14.1. The van der Waals surface area contributed by atoms with Gasteiger partial charge in [-0.25, -0.2) is 4.39 Å². The Morgan fingerprint density at radius 1 is 1.20 bits per heavy atom. The second-order valence-corrected chi connectivity index (χ2v) is 6.37. The van der Waals surface area contributed by atoms with Crippen molar-refractivity contribution in [2.45, 2.75) is 52.0 Å². The minimum absolute atomic E-state index is 0.247. The molecule has 20 heavy (non-hydrogen) atoms. The summed E-state index contributed by atoms with van der Waals surface area (Å²) in [5.41, 5.74) is 1.73. The number of imidazole rings is 1. The molecule has 0 atom stereocenters. The van der Waals surface area contributed by atoms with Gasteiger partial charge in [-0.2, -0.15) is 0 Å². The fraction of sp³-hybridized carbons (Fsp3) is 0.533. The van der Waals surface area contributed by atoms with Crippen molar-refractivity contribution in [2.24, 2.45) is 0 Å². The van der Waals surface area contributed by atoms with Crippen LogP contribution < -0.4 is 0 Å². The van der Waals surface area contributed by atoms with E-state index in [0.29, 0.717) is 9.24 Å². The molecule has 1 aromatic heterocycles. The van der Waals surface area contributed by atoms with E-state index in [9.17, 15) is 4.39 Å². The van der Waals surface area contributed by atoms with Crippen LogP contribution in [0.4, 0.5) is 4.39 Å². The third-order valence-electron chi connectivity index (χ3n) is 3.55. The van der Waals surface area contributed by atoms with Crippen molar-refractivity contribution in [3.05, 3.63) is 27.2 Å². The van der Waals surface area contributed by atoms with Crippen LogP contribution in [0.1, 0.15) is 45.4 Å². The number of halogens is 2. The molecule has 0 aliphatic heterocycles. The lowest BCUT2D eigenvalue weighted by Crippen LogP contribution is -1.98. The number of hydrogen-bond acceptors (Lipinski definition) is 1. The van der Waals surface area contributed by atoms with E-state index in [1.54, 1.807) is 12.1 Å². The number of nitrogens with one attached hydrogen (secondary N) is 1. The van der Waals surface area contributed by atoms with Crippen LogP contribution in [0.15, 0.2) is 16.6 Å². The molecule has 2 nitrogen and oxygen atoms in total. The smallest absolute Gasteiger partial charge is 0.178 e. The SMILES string of the molecule is CCCCCCCCn1c(=S)[nH]c2cc(Br)c(F)cc21. The Labute approximate surface area is 132 Å². The van der Waals surface area contributed by atoms with Gasteiger partial charge in [-0.05, 0) is 40.6 Å². The highest BCUT2D eigenvalue weighted by molar-refractivity contribution is 9.10. The number of aromatic nitrogens is 2. The normalized spacial score (nSPS) is 11.3. The number of rotatable bonds is 7. The van der Waals surface area contributed by atoms with Gasteiger partial charge in [0.1, 0.15) is 5.82 Å². The topological polar surface area (TPSA) is 20.7 Å². The molecule has 1 aromatic carbocycles. The number of nitrogens with zero attached hydrogens (tertiary/aromatic N) is 1. The van der Waals surface area contributed by atoms with Crippen molar-refractivity contribution in [2.75, 3.05) is 0 Å². The van der Waals surface area contributed by atoms with Gasteiger partial charge in [-0.3, -0.25) is 0 Å². The predicted molar refractivity (Wildman–Crippen MR) is 88.2 cm³/mol. The molecule has 0 radical (unpaired) electrons. The first kappa shape index (κ1) is 15.7. The molecule has 0 amide bonds. The van der Waals surface area contributed by atoms with Crippen molar-refractivity contribution in [3.63, 3.8) is 0 Å². The average molecular weight is 359 g/mol. The molecular formula is C15H20BrFN2S. The van der Waals surface area contributed by atoms with Gasteiger partial charge in [0.25, 0.3) is 0 Å². The Kier molecular flexibility index (Phi) is 5.78. The first-order chi connectivity index (χ1) is 9.63. The number of H-pyrrole nitrogens is 1. The van der Waals surface area contributed by atoms with E-state index < -0.39 is 0 Å². The molecule has 110 valence electrons. The molecular weight excluding hydrogens is 339 g/mol. The molecule has 2 aromatic rings. The molecule has 0 fully saturated rings. The van der Waals surface area contributed by atoms with Crippen LogP contribution in [-0.2, 0) is 6.54 Å². The molecule has 0 bridgehead atoms. The summed E-state index contributed by atoms with van der Waals surface area (Å²) in [4.78, 5) is 3.14. The van der Waals surface area contributed by atoms with E-state index in [0.717, 1.165) is 24.0 Å². The van der Waals surface area contributed by atoms with Crippen LogP contribution in [0.2, 0.25) is 0 Å². The Bertz CT molecular complexity index is 633. The first-order valence-corrected chi connectivity index (χ1v) is 8.41. The van der Waals surface area contributed by atoms with E-state index in [2.05, 4.69) is 27.8 Å². The standard InChI is InChI=1S/C15H20BrFN2S/c1-2-3-4-5-6-7-8-19-14-10-12(17)11(16)9-13(14)18-15(19)20/h9-10H,2-8H2,1H3,(H,18,20). The van der Waals surface area contributed by atoms with Gasteiger partial charge < -0.3 is 9.55 Å². The zero-order valence-electron chi connectivity index (χ0n) is 11.7. The predicted octanol–water partition coefficient (Wildman–Crippen LogP) is 5.96. The van der Waals surface area contributed by atoms with Crippen LogP contribution in [0, 0.1) is 10.6 Å². The highest BCUT2D eigenvalue weighted by atomic mass is 79.9. The highest BCUT2D eigenvalue weighted by Gasteiger charge is 2.08. The molecule has 0 unspecified atom stereocenters. The third-order valence-corrected chi connectivity index (χ3v) is 4.48. The quantitative estimate of drug-likeness (QED) is 0.478. The Morgan fingerprint density at radius 3 is 2.65 bits per heavy atom. The molecule has 0 spiro atoms. The molecule has 2 rings (SSSR count). The number of aromatic amines is 1. The number of hydrogen-bond donors (Lipinski definition) is 1. The zero-order chi connectivity index (χ0) is 14.5. The van der Waals surface area contributed by atoms with E-state index in [4.69, 9.17) is 12.2 Å². The van der Waals surface area contributed by atoms with E-state index in [-0.39, 0.29) is 5.82 Å². The largest absolute Gasteiger partial charge is 0.331 e. The van der Waals surface area contributed by atoms with E-state index in [1.165, 1.54) is 32.1 Å². The fourth-order valence-corrected chi connectivity index (χ4v) is 3.07. The lowest BCUT2D eigenvalue weighted by molar-refractivity contribution is 0.560. The summed E-state index contributed by atoms with van der Waals surface area (Å²) in [6, 6.07) is 3.29. The number of unbranched alkanes of at least 4 members (excludes halogenated alkanes) is 5. The Morgan fingerprint density at radius 2 is 1.90 bits per heavy atom. The molecule has 0 aliphatic carbocycles. The monoisotopic (exact) mass is 358 g/mol. The van der Waals surface area contributed by atoms with Gasteiger partial charge in [-0.15, -0.1) is 0 Å². The van der Waals surface area contributed by atoms with Crippen molar-refractivity contribution in [3.8, 4) is 0 Å². The number of benzene rings is 1. The molecule has 0 saturated carbocycles. The maximum absolute atomic E-state index is 13.7. The first-order valence-electron chi connectivity index (χ1n) is 7.21. The van der Waals surface area contributed by atoms with Crippen LogP contribution >= 0.6 is 28.1 Å².